The predicted octanol–water partition coefficient (Wildman–Crippen LogP) is 5.77. The average Bonchev–Trinajstić information content (AvgIpc) is 3.25. The molecule has 0 saturated carbocycles. The number of aryl methyl sites for hydroxylation is 1. The molecule has 1 aliphatic heterocycles. The average molecular weight is 516 g/mol. The van der Waals surface area contributed by atoms with Crippen LogP contribution in [0.1, 0.15) is 24.5 Å². The second kappa shape index (κ2) is 11.0. The van der Waals surface area contributed by atoms with E-state index in [0.717, 1.165) is 12.1 Å². The van der Waals surface area contributed by atoms with Crippen LogP contribution in [-0.4, -0.2) is 18.4 Å². The number of hydrogen-bond acceptors (Lipinski definition) is 4. The molecule has 3 aromatic carbocycles. The van der Waals surface area contributed by atoms with Crippen LogP contribution in [0.3, 0.4) is 0 Å². The van der Waals surface area contributed by atoms with Gasteiger partial charge >= 0.3 is 0 Å². The molecule has 3 aromatic rings. The maximum atomic E-state index is 14.1. The number of amides is 2. The van der Waals surface area contributed by atoms with Gasteiger partial charge in [-0.3, -0.25) is 20.4 Å². The summed E-state index contributed by atoms with van der Waals surface area (Å²) >= 11 is 12.2. The van der Waals surface area contributed by atoms with Gasteiger partial charge in [0.1, 0.15) is 18.2 Å². The molecule has 2 amide bonds. The van der Waals surface area contributed by atoms with Gasteiger partial charge in [0.05, 0.1) is 16.6 Å². The fourth-order valence-corrected chi connectivity index (χ4v) is 4.21. The maximum Gasteiger partial charge on any atom is 0.243 e. The van der Waals surface area contributed by atoms with Gasteiger partial charge in [0.2, 0.25) is 11.8 Å². The van der Waals surface area contributed by atoms with Gasteiger partial charge in [-0.1, -0.05) is 48.3 Å². The Balaban J connectivity index is 1.39. The van der Waals surface area contributed by atoms with E-state index in [2.05, 4.69) is 17.8 Å². The van der Waals surface area contributed by atoms with Crippen molar-refractivity contribution in [2.45, 2.75) is 26.4 Å². The van der Waals surface area contributed by atoms with Crippen LogP contribution < -0.4 is 20.5 Å². The van der Waals surface area contributed by atoms with Crippen molar-refractivity contribution >= 4 is 46.4 Å². The lowest BCUT2D eigenvalue weighted by Crippen LogP contribution is -2.36. The van der Waals surface area contributed by atoms with Crippen molar-refractivity contribution in [2.24, 2.45) is 5.92 Å². The molecule has 1 heterocycles. The molecule has 0 radical (unpaired) electrons. The van der Waals surface area contributed by atoms with Crippen LogP contribution >= 0.6 is 23.2 Å². The summed E-state index contributed by atoms with van der Waals surface area (Å²) in [7, 11) is 0. The second-order valence-electron chi connectivity index (χ2n) is 8.17. The summed E-state index contributed by atoms with van der Waals surface area (Å²) in [6.07, 6.45) is 1.02. The molecule has 0 unspecified atom stereocenters. The van der Waals surface area contributed by atoms with Crippen LogP contribution in [0.15, 0.2) is 60.7 Å². The minimum absolute atomic E-state index is 0.105. The van der Waals surface area contributed by atoms with Crippen molar-refractivity contribution in [3.05, 3.63) is 87.7 Å². The first-order valence-electron chi connectivity index (χ1n) is 11.2. The highest BCUT2D eigenvalue weighted by molar-refractivity contribution is 6.31. The number of hydrazine groups is 1. The lowest BCUT2D eigenvalue weighted by Gasteiger charge is -2.18. The summed E-state index contributed by atoms with van der Waals surface area (Å²) in [4.78, 5) is 27.0. The predicted molar refractivity (Wildman–Crippen MR) is 135 cm³/mol. The Morgan fingerprint density at radius 3 is 2.63 bits per heavy atom. The molecule has 9 heteroatoms. The second-order valence-corrected chi connectivity index (χ2v) is 9.01. The zero-order chi connectivity index (χ0) is 24.9. The highest BCUT2D eigenvalue weighted by Gasteiger charge is 2.35. The van der Waals surface area contributed by atoms with Gasteiger partial charge in [-0.05, 0) is 54.4 Å². The van der Waals surface area contributed by atoms with E-state index in [9.17, 15) is 14.0 Å². The molecule has 0 aromatic heterocycles. The maximum absolute atomic E-state index is 14.1. The van der Waals surface area contributed by atoms with Crippen LogP contribution in [0, 0.1) is 11.7 Å². The molecule has 35 heavy (non-hydrogen) atoms. The zero-order valence-corrected chi connectivity index (χ0v) is 20.5. The molecule has 4 rings (SSSR count). The Kier molecular flexibility index (Phi) is 7.78. The SMILES string of the molecule is CCc1ccc(N2C[C@@H](C(=O)NNc3cc(Cl)ccc3OCc3c(F)cccc3Cl)CC2=O)cc1. The first-order chi connectivity index (χ1) is 16.9. The summed E-state index contributed by atoms with van der Waals surface area (Å²) in [6.45, 7) is 2.23. The first kappa shape index (κ1) is 24.8. The molecule has 2 N–H and O–H groups in total. The van der Waals surface area contributed by atoms with Crippen molar-refractivity contribution in [2.75, 3.05) is 16.9 Å². The molecule has 182 valence electrons. The van der Waals surface area contributed by atoms with Gasteiger partial charge in [0.15, 0.2) is 0 Å². The van der Waals surface area contributed by atoms with E-state index >= 15 is 0 Å². The molecule has 0 bridgehead atoms. The third kappa shape index (κ3) is 5.86. The minimum Gasteiger partial charge on any atom is -0.487 e. The van der Waals surface area contributed by atoms with E-state index in [4.69, 9.17) is 27.9 Å². The van der Waals surface area contributed by atoms with Gasteiger partial charge in [-0.25, -0.2) is 4.39 Å². The largest absolute Gasteiger partial charge is 0.487 e. The van der Waals surface area contributed by atoms with Crippen molar-refractivity contribution in [1.82, 2.24) is 5.43 Å². The number of anilines is 2. The monoisotopic (exact) mass is 515 g/mol. The van der Waals surface area contributed by atoms with E-state index in [-0.39, 0.29) is 42.0 Å². The summed E-state index contributed by atoms with van der Waals surface area (Å²) in [5.41, 5.74) is 8.00. The van der Waals surface area contributed by atoms with Crippen molar-refractivity contribution in [3.63, 3.8) is 0 Å². The van der Waals surface area contributed by atoms with Gasteiger partial charge in [0, 0.05) is 29.2 Å². The third-order valence-electron chi connectivity index (χ3n) is 5.85. The van der Waals surface area contributed by atoms with Gasteiger partial charge in [-0.2, -0.15) is 0 Å². The van der Waals surface area contributed by atoms with Crippen molar-refractivity contribution in [3.8, 4) is 5.75 Å². The lowest BCUT2D eigenvalue weighted by molar-refractivity contribution is -0.125. The van der Waals surface area contributed by atoms with Crippen LogP contribution in [0.4, 0.5) is 15.8 Å². The fourth-order valence-electron chi connectivity index (χ4n) is 3.82. The number of benzene rings is 3. The Bertz CT molecular complexity index is 1220. The number of carbonyl (C=O) groups is 2. The number of rotatable bonds is 8. The number of halogens is 3. The Labute approximate surface area is 212 Å². The summed E-state index contributed by atoms with van der Waals surface area (Å²) < 4.78 is 19.8. The van der Waals surface area contributed by atoms with Gasteiger partial charge < -0.3 is 9.64 Å². The van der Waals surface area contributed by atoms with Crippen LogP contribution in [0.2, 0.25) is 10.0 Å². The molecule has 1 atom stereocenters. The van der Waals surface area contributed by atoms with E-state index in [1.807, 2.05) is 24.3 Å². The molecule has 1 fully saturated rings. The number of nitrogens with zero attached hydrogens (tertiary/aromatic N) is 1. The molecule has 1 aliphatic rings. The van der Waals surface area contributed by atoms with Crippen LogP contribution in [0.5, 0.6) is 5.75 Å². The van der Waals surface area contributed by atoms with Gasteiger partial charge in [0.25, 0.3) is 0 Å². The summed E-state index contributed by atoms with van der Waals surface area (Å²) in [5, 5.41) is 0.664. The highest BCUT2D eigenvalue weighted by Crippen LogP contribution is 2.30. The van der Waals surface area contributed by atoms with Gasteiger partial charge in [-0.15, -0.1) is 0 Å². The van der Waals surface area contributed by atoms with E-state index in [0.29, 0.717) is 16.5 Å². The minimum atomic E-state index is -0.526. The van der Waals surface area contributed by atoms with Crippen LogP contribution in [0.25, 0.3) is 0 Å². The zero-order valence-electron chi connectivity index (χ0n) is 19.0. The summed E-state index contributed by atoms with van der Waals surface area (Å²) in [5.74, 6) is -1.11. The molecule has 0 spiro atoms. The molecular weight excluding hydrogens is 492 g/mol. The van der Waals surface area contributed by atoms with Crippen molar-refractivity contribution < 1.29 is 18.7 Å². The topological polar surface area (TPSA) is 70.7 Å². The number of nitrogens with one attached hydrogen (secondary N) is 2. The quantitative estimate of drug-likeness (QED) is 0.373. The number of carbonyl (C=O) groups excluding carboxylic acids is 2. The molecule has 0 aliphatic carbocycles. The lowest BCUT2D eigenvalue weighted by atomic mass is 10.1. The standard InChI is InChI=1S/C26H24Cl2FN3O3/c1-2-16-6-9-19(10-7-16)32-14-17(12-25(32)33)26(34)31-30-23-13-18(27)8-11-24(23)35-15-20-21(28)4-3-5-22(20)29/h3-11,13,17,30H,2,12,14-15H2,1H3,(H,31,34)/t17-/m0/s1. The summed E-state index contributed by atoms with van der Waals surface area (Å²) in [6, 6.07) is 16.9. The highest BCUT2D eigenvalue weighted by atomic mass is 35.5. The molecule has 1 saturated heterocycles. The smallest absolute Gasteiger partial charge is 0.243 e. The fraction of sp³-hybridized carbons (Fsp3) is 0.231. The first-order valence-corrected chi connectivity index (χ1v) is 11.9. The molecular formula is C26H24Cl2FN3O3. The normalized spacial score (nSPS) is 15.3. The molecule has 6 nitrogen and oxygen atoms in total. The van der Waals surface area contributed by atoms with E-state index in [1.54, 1.807) is 29.2 Å². The Morgan fingerprint density at radius 1 is 1.14 bits per heavy atom. The van der Waals surface area contributed by atoms with E-state index in [1.165, 1.54) is 17.7 Å². The number of ether oxygens (including phenoxy) is 1. The Hall–Kier alpha value is -3.29. The Morgan fingerprint density at radius 2 is 1.91 bits per heavy atom. The third-order valence-corrected chi connectivity index (χ3v) is 6.44. The van der Waals surface area contributed by atoms with Crippen LogP contribution in [-0.2, 0) is 22.6 Å². The van der Waals surface area contributed by atoms with E-state index < -0.39 is 11.7 Å². The van der Waals surface area contributed by atoms with Crippen molar-refractivity contribution in [1.29, 1.82) is 0 Å². The number of hydrogen-bond donors (Lipinski definition) is 2.